The molecule has 3 atom stereocenters. The van der Waals surface area contributed by atoms with Crippen LogP contribution < -0.4 is 4.74 Å². The third-order valence-corrected chi connectivity index (χ3v) is 5.67. The Morgan fingerprint density at radius 1 is 1.10 bits per heavy atom. The second-order valence-corrected chi connectivity index (χ2v) is 7.69. The summed E-state index contributed by atoms with van der Waals surface area (Å²) in [6.07, 6.45) is -0.221. The van der Waals surface area contributed by atoms with Gasteiger partial charge in [-0.15, -0.1) is 0 Å². The molecule has 2 aliphatic rings. The van der Waals surface area contributed by atoms with Gasteiger partial charge in [0.1, 0.15) is 5.75 Å². The fraction of sp³-hybridized carbons (Fsp3) is 0.409. The molecule has 0 aromatic heterocycles. The van der Waals surface area contributed by atoms with E-state index in [0.717, 1.165) is 16.5 Å². The van der Waals surface area contributed by atoms with Crippen molar-refractivity contribution in [2.75, 3.05) is 33.3 Å². The van der Waals surface area contributed by atoms with E-state index in [1.54, 1.807) is 23.0 Å². The highest BCUT2D eigenvalue weighted by Crippen LogP contribution is 2.39. The van der Waals surface area contributed by atoms with Gasteiger partial charge >= 0.3 is 0 Å². The predicted molar refractivity (Wildman–Crippen MR) is 106 cm³/mol. The second kappa shape index (κ2) is 7.72. The molecule has 1 saturated carbocycles. The van der Waals surface area contributed by atoms with E-state index in [1.807, 2.05) is 30.3 Å². The predicted octanol–water partition coefficient (Wildman–Crippen LogP) is 1.65. The van der Waals surface area contributed by atoms with Crippen LogP contribution in [0.5, 0.6) is 5.75 Å². The van der Waals surface area contributed by atoms with Crippen molar-refractivity contribution < 1.29 is 19.4 Å². The minimum Gasteiger partial charge on any atom is -0.497 e. The monoisotopic (exact) mass is 393 g/mol. The van der Waals surface area contributed by atoms with Crippen LogP contribution in [0.4, 0.5) is 0 Å². The van der Waals surface area contributed by atoms with E-state index in [4.69, 9.17) is 10.00 Å². The molecular formula is C22H23N3O4. The summed E-state index contributed by atoms with van der Waals surface area (Å²) in [5, 5.41) is 21.2. The number of carbonyl (C=O) groups is 2. The van der Waals surface area contributed by atoms with Crippen molar-refractivity contribution in [1.82, 2.24) is 9.80 Å². The third-order valence-electron chi connectivity index (χ3n) is 5.67. The number of nitrogens with zero attached hydrogens (tertiary/aromatic N) is 3. The Labute approximate surface area is 169 Å². The highest BCUT2D eigenvalue weighted by Gasteiger charge is 2.46. The summed E-state index contributed by atoms with van der Waals surface area (Å²) in [6.45, 7) is 1.08. The van der Waals surface area contributed by atoms with Crippen molar-refractivity contribution in [1.29, 1.82) is 5.26 Å². The van der Waals surface area contributed by atoms with Gasteiger partial charge in [0.15, 0.2) is 0 Å². The lowest BCUT2D eigenvalue weighted by Crippen LogP contribution is -2.38. The SMILES string of the molecule is COc1ccc2cc(C(=O)N3CCN(C(=O)[C@@H]4C[C@@H]4C#N)CC(O)C3)ccc2c1. The average Bonchev–Trinajstić information content (AvgIpc) is 3.55. The van der Waals surface area contributed by atoms with Gasteiger partial charge in [-0.05, 0) is 41.5 Å². The molecule has 1 aliphatic carbocycles. The molecule has 1 heterocycles. The molecule has 1 N–H and O–H groups in total. The van der Waals surface area contributed by atoms with E-state index in [2.05, 4.69) is 6.07 Å². The summed E-state index contributed by atoms with van der Waals surface area (Å²) >= 11 is 0. The quantitative estimate of drug-likeness (QED) is 0.856. The Balaban J connectivity index is 1.48. The summed E-state index contributed by atoms with van der Waals surface area (Å²) in [6, 6.07) is 13.3. The zero-order valence-corrected chi connectivity index (χ0v) is 16.2. The zero-order valence-electron chi connectivity index (χ0n) is 16.2. The van der Waals surface area contributed by atoms with Gasteiger partial charge in [0.2, 0.25) is 5.91 Å². The largest absolute Gasteiger partial charge is 0.497 e. The van der Waals surface area contributed by atoms with Crippen molar-refractivity contribution in [2.45, 2.75) is 12.5 Å². The number of fused-ring (bicyclic) bond motifs is 1. The van der Waals surface area contributed by atoms with Crippen LogP contribution in [0.3, 0.4) is 0 Å². The Morgan fingerprint density at radius 3 is 2.52 bits per heavy atom. The van der Waals surface area contributed by atoms with Crippen LogP contribution >= 0.6 is 0 Å². The van der Waals surface area contributed by atoms with Crippen LogP contribution in [-0.4, -0.2) is 66.1 Å². The molecule has 2 fully saturated rings. The first-order chi connectivity index (χ1) is 14.0. The van der Waals surface area contributed by atoms with Gasteiger partial charge in [0.05, 0.1) is 31.1 Å². The van der Waals surface area contributed by atoms with Gasteiger partial charge in [0.25, 0.3) is 5.91 Å². The summed E-state index contributed by atoms with van der Waals surface area (Å²) in [5.74, 6) is 0.0250. The number of methoxy groups -OCH3 is 1. The second-order valence-electron chi connectivity index (χ2n) is 7.69. The van der Waals surface area contributed by atoms with Crippen molar-refractivity contribution in [3.63, 3.8) is 0 Å². The molecule has 7 heteroatoms. The molecule has 4 rings (SSSR count). The van der Waals surface area contributed by atoms with Crippen LogP contribution in [0, 0.1) is 23.2 Å². The highest BCUT2D eigenvalue weighted by molar-refractivity contribution is 5.99. The number of amides is 2. The zero-order chi connectivity index (χ0) is 20.5. The minimum atomic E-state index is -0.811. The Morgan fingerprint density at radius 2 is 1.79 bits per heavy atom. The maximum absolute atomic E-state index is 13.0. The molecule has 1 saturated heterocycles. The van der Waals surface area contributed by atoms with E-state index < -0.39 is 6.10 Å². The number of rotatable bonds is 3. The first-order valence-electron chi connectivity index (χ1n) is 9.73. The third kappa shape index (κ3) is 3.89. The topological polar surface area (TPSA) is 93.9 Å². The fourth-order valence-corrected chi connectivity index (χ4v) is 3.89. The number of benzene rings is 2. The molecule has 150 valence electrons. The number of carbonyl (C=O) groups excluding carboxylic acids is 2. The van der Waals surface area contributed by atoms with Crippen molar-refractivity contribution >= 4 is 22.6 Å². The van der Waals surface area contributed by atoms with Gasteiger partial charge in [-0.3, -0.25) is 9.59 Å². The Bertz CT molecular complexity index is 999. The molecule has 2 aromatic carbocycles. The van der Waals surface area contributed by atoms with E-state index >= 15 is 0 Å². The lowest BCUT2D eigenvalue weighted by atomic mass is 10.1. The molecule has 0 bridgehead atoms. The molecule has 1 unspecified atom stereocenters. The number of nitriles is 1. The maximum Gasteiger partial charge on any atom is 0.254 e. The van der Waals surface area contributed by atoms with Gasteiger partial charge in [-0.25, -0.2) is 0 Å². The molecule has 1 aliphatic heterocycles. The van der Waals surface area contributed by atoms with Crippen LogP contribution in [0.15, 0.2) is 36.4 Å². The molecule has 29 heavy (non-hydrogen) atoms. The number of hydrogen-bond acceptors (Lipinski definition) is 5. The molecule has 7 nitrogen and oxygen atoms in total. The molecule has 2 aromatic rings. The first-order valence-corrected chi connectivity index (χ1v) is 9.73. The van der Waals surface area contributed by atoms with E-state index in [0.29, 0.717) is 25.1 Å². The lowest BCUT2D eigenvalue weighted by Gasteiger charge is -2.22. The molecule has 2 amide bonds. The average molecular weight is 393 g/mol. The summed E-state index contributed by atoms with van der Waals surface area (Å²) in [5.41, 5.74) is 0.543. The Kier molecular flexibility index (Phi) is 5.12. The fourth-order valence-electron chi connectivity index (χ4n) is 3.89. The molecule has 0 spiro atoms. The molecular weight excluding hydrogens is 370 g/mol. The highest BCUT2D eigenvalue weighted by atomic mass is 16.5. The van der Waals surface area contributed by atoms with E-state index in [-0.39, 0.29) is 36.7 Å². The van der Waals surface area contributed by atoms with Crippen molar-refractivity contribution in [3.05, 3.63) is 42.0 Å². The molecule has 0 radical (unpaired) electrons. The van der Waals surface area contributed by atoms with Crippen LogP contribution in [0.2, 0.25) is 0 Å². The normalized spacial score (nSPS) is 24.0. The van der Waals surface area contributed by atoms with E-state index in [9.17, 15) is 14.7 Å². The summed E-state index contributed by atoms with van der Waals surface area (Å²) < 4.78 is 5.23. The van der Waals surface area contributed by atoms with Crippen LogP contribution in [0.25, 0.3) is 10.8 Å². The van der Waals surface area contributed by atoms with Gasteiger partial charge < -0.3 is 19.6 Å². The van der Waals surface area contributed by atoms with Gasteiger partial charge in [0, 0.05) is 31.7 Å². The smallest absolute Gasteiger partial charge is 0.254 e. The van der Waals surface area contributed by atoms with Crippen LogP contribution in [0.1, 0.15) is 16.8 Å². The first kappa shape index (κ1) is 19.2. The maximum atomic E-state index is 13.0. The summed E-state index contributed by atoms with van der Waals surface area (Å²) in [7, 11) is 1.61. The Hall–Kier alpha value is -3.11. The van der Waals surface area contributed by atoms with Crippen molar-refractivity contribution in [2.24, 2.45) is 11.8 Å². The number of β-amino-alcohol motifs (C(OH)–C–C–N with tert-alkyl or cyclic N) is 1. The number of aliphatic hydroxyl groups excluding tert-OH is 1. The van der Waals surface area contributed by atoms with E-state index in [1.165, 1.54) is 0 Å². The van der Waals surface area contributed by atoms with Crippen molar-refractivity contribution in [3.8, 4) is 11.8 Å². The van der Waals surface area contributed by atoms with Gasteiger partial charge in [-0.2, -0.15) is 5.26 Å². The standard InChI is InChI=1S/C22H23N3O4/c1-29-19-5-4-14-8-16(3-2-15(14)9-19)21(27)24-6-7-25(13-18(26)12-24)22(28)20-10-17(20)11-23/h2-5,8-9,17-18,20,26H,6-7,10,12-13H2,1H3/t17-,18?,20-/m1/s1. The lowest BCUT2D eigenvalue weighted by molar-refractivity contribution is -0.133. The van der Waals surface area contributed by atoms with Gasteiger partial charge in [-0.1, -0.05) is 12.1 Å². The number of ether oxygens (including phenoxy) is 1. The van der Waals surface area contributed by atoms with Crippen LogP contribution in [-0.2, 0) is 4.79 Å². The number of hydrogen-bond donors (Lipinski definition) is 1. The minimum absolute atomic E-state index is 0.0930. The number of aliphatic hydroxyl groups is 1. The summed E-state index contributed by atoms with van der Waals surface area (Å²) in [4.78, 5) is 28.7.